The second kappa shape index (κ2) is 8.37. The topological polar surface area (TPSA) is 103 Å². The first kappa shape index (κ1) is 18.5. The molecule has 3 rings (SSSR count). The molecule has 27 heavy (non-hydrogen) atoms. The monoisotopic (exact) mass is 386 g/mol. The third kappa shape index (κ3) is 4.64. The molecular formula is C18H14N2O6S. The number of amides is 2. The normalized spacial score (nSPS) is 15.9. The zero-order chi connectivity index (χ0) is 19.2. The third-order valence-corrected chi connectivity index (χ3v) is 4.43. The highest BCUT2D eigenvalue weighted by Gasteiger charge is 2.34. The maximum atomic E-state index is 12.3. The molecule has 0 aliphatic carbocycles. The molecule has 0 atom stereocenters. The summed E-state index contributed by atoms with van der Waals surface area (Å²) in [6.45, 7) is 0.340. The Kier molecular flexibility index (Phi) is 5.72. The lowest BCUT2D eigenvalue weighted by atomic mass is 10.3. The highest BCUT2D eigenvalue weighted by molar-refractivity contribution is 8.18. The Morgan fingerprint density at radius 2 is 1.96 bits per heavy atom. The molecule has 2 aromatic rings. The summed E-state index contributed by atoms with van der Waals surface area (Å²) in [7, 11) is 0. The van der Waals surface area contributed by atoms with Crippen LogP contribution in [0.15, 0.2) is 63.9 Å². The van der Waals surface area contributed by atoms with Gasteiger partial charge in [-0.05, 0) is 42.1 Å². The summed E-state index contributed by atoms with van der Waals surface area (Å²) in [5, 5.41) is 10.2. The summed E-state index contributed by atoms with van der Waals surface area (Å²) in [5.41, 5.74) is 0. The zero-order valence-electron chi connectivity index (χ0n) is 13.9. The molecule has 138 valence electrons. The number of imide groups is 1. The number of rotatable bonds is 7. The van der Waals surface area contributed by atoms with Crippen LogP contribution in [0.25, 0.3) is 6.08 Å². The van der Waals surface area contributed by atoms with Crippen molar-refractivity contribution in [2.24, 2.45) is 0 Å². The number of carbonyl (C=O) groups excluding carboxylic acids is 2. The maximum Gasteiger partial charge on any atom is 0.433 e. The molecule has 1 aromatic heterocycles. The van der Waals surface area contributed by atoms with Gasteiger partial charge in [-0.1, -0.05) is 24.3 Å². The number of nitrogens with zero attached hydrogens (tertiary/aromatic N) is 2. The maximum absolute atomic E-state index is 12.3. The predicted molar refractivity (Wildman–Crippen MR) is 99.1 cm³/mol. The third-order valence-electron chi connectivity index (χ3n) is 3.50. The van der Waals surface area contributed by atoms with E-state index < -0.39 is 10.8 Å². The molecule has 0 saturated carbocycles. The van der Waals surface area contributed by atoms with Gasteiger partial charge in [0.25, 0.3) is 11.1 Å². The van der Waals surface area contributed by atoms with Crippen LogP contribution in [0.1, 0.15) is 5.76 Å². The van der Waals surface area contributed by atoms with Crippen LogP contribution in [0.3, 0.4) is 0 Å². The van der Waals surface area contributed by atoms with Gasteiger partial charge in [-0.25, -0.2) is 0 Å². The van der Waals surface area contributed by atoms with E-state index in [2.05, 4.69) is 0 Å². The molecule has 1 saturated heterocycles. The molecule has 1 aromatic carbocycles. The van der Waals surface area contributed by atoms with Crippen LogP contribution in [-0.4, -0.2) is 34.1 Å². The van der Waals surface area contributed by atoms with Crippen LogP contribution < -0.4 is 4.74 Å². The summed E-state index contributed by atoms with van der Waals surface area (Å²) in [5.74, 6) is 0.161. The highest BCUT2D eigenvalue weighted by atomic mass is 32.2. The van der Waals surface area contributed by atoms with Crippen LogP contribution in [0, 0.1) is 10.1 Å². The van der Waals surface area contributed by atoms with Crippen LogP contribution in [0.2, 0.25) is 0 Å². The molecule has 8 nitrogen and oxygen atoms in total. The minimum Gasteiger partial charge on any atom is -0.492 e. The minimum atomic E-state index is -0.639. The van der Waals surface area contributed by atoms with Crippen LogP contribution >= 0.6 is 11.8 Å². The van der Waals surface area contributed by atoms with Crippen molar-refractivity contribution in [2.45, 2.75) is 0 Å². The number of benzene rings is 1. The second-order valence-corrected chi connectivity index (χ2v) is 6.30. The molecule has 2 heterocycles. The first-order valence-electron chi connectivity index (χ1n) is 7.89. The average Bonchev–Trinajstić information content (AvgIpc) is 3.23. The number of hydrogen-bond acceptors (Lipinski definition) is 7. The molecular weight excluding hydrogens is 372 g/mol. The van der Waals surface area contributed by atoms with Crippen LogP contribution in [0.5, 0.6) is 5.75 Å². The Morgan fingerprint density at radius 3 is 2.67 bits per heavy atom. The number of carbonyl (C=O) groups is 2. The van der Waals surface area contributed by atoms with E-state index in [1.165, 1.54) is 30.4 Å². The van der Waals surface area contributed by atoms with Gasteiger partial charge in [-0.3, -0.25) is 24.6 Å². The number of thioether (sulfide) groups is 1. The molecule has 0 spiro atoms. The first-order chi connectivity index (χ1) is 13.0. The van der Waals surface area contributed by atoms with Crippen LogP contribution in [-0.2, 0) is 4.79 Å². The summed E-state index contributed by atoms with van der Waals surface area (Å²) < 4.78 is 10.5. The zero-order valence-corrected chi connectivity index (χ0v) is 14.8. The number of para-hydroxylation sites is 1. The fraction of sp³-hybridized carbons (Fsp3) is 0.111. The SMILES string of the molecule is O=C1S/C(=C\C=C\c2ccc([N+](=O)[O-])o2)C(=O)N1CCOc1ccccc1. The van der Waals surface area contributed by atoms with Crippen molar-refractivity contribution in [1.82, 2.24) is 4.90 Å². The molecule has 0 unspecified atom stereocenters. The number of ether oxygens (including phenoxy) is 1. The summed E-state index contributed by atoms with van der Waals surface area (Å²) in [4.78, 5) is 35.6. The fourth-order valence-electron chi connectivity index (χ4n) is 2.24. The Morgan fingerprint density at radius 1 is 1.19 bits per heavy atom. The van der Waals surface area contributed by atoms with E-state index in [9.17, 15) is 19.7 Å². The van der Waals surface area contributed by atoms with Crippen molar-refractivity contribution in [1.29, 1.82) is 0 Å². The van der Waals surface area contributed by atoms with Gasteiger partial charge in [0, 0.05) is 0 Å². The number of hydrogen-bond donors (Lipinski definition) is 0. The van der Waals surface area contributed by atoms with E-state index in [4.69, 9.17) is 9.15 Å². The fourth-order valence-corrected chi connectivity index (χ4v) is 3.06. The lowest BCUT2D eigenvalue weighted by Crippen LogP contribution is -2.32. The lowest BCUT2D eigenvalue weighted by Gasteiger charge is -2.13. The summed E-state index contributed by atoms with van der Waals surface area (Å²) >= 11 is 0.826. The molecule has 9 heteroatoms. The van der Waals surface area contributed by atoms with Crippen molar-refractivity contribution in [3.8, 4) is 5.75 Å². The van der Waals surface area contributed by atoms with Gasteiger partial charge in [-0.2, -0.15) is 0 Å². The van der Waals surface area contributed by atoms with Gasteiger partial charge in [0.05, 0.1) is 17.5 Å². The smallest absolute Gasteiger partial charge is 0.433 e. The highest BCUT2D eigenvalue weighted by Crippen LogP contribution is 2.30. The lowest BCUT2D eigenvalue weighted by molar-refractivity contribution is -0.402. The van der Waals surface area contributed by atoms with E-state index in [-0.39, 0.29) is 34.9 Å². The van der Waals surface area contributed by atoms with Gasteiger partial charge >= 0.3 is 5.88 Å². The second-order valence-electron chi connectivity index (χ2n) is 5.31. The molecule has 2 amide bonds. The molecule has 0 radical (unpaired) electrons. The minimum absolute atomic E-state index is 0.144. The Bertz CT molecular complexity index is 919. The molecule has 1 aliphatic heterocycles. The average molecular weight is 386 g/mol. The first-order valence-corrected chi connectivity index (χ1v) is 8.70. The van der Waals surface area contributed by atoms with Gasteiger partial charge in [-0.15, -0.1) is 0 Å². The van der Waals surface area contributed by atoms with Gasteiger partial charge in [0.2, 0.25) is 0 Å². The van der Waals surface area contributed by atoms with E-state index in [1.807, 2.05) is 18.2 Å². The van der Waals surface area contributed by atoms with Crippen molar-refractivity contribution in [3.05, 3.63) is 75.4 Å². The molecule has 1 aliphatic rings. The van der Waals surface area contributed by atoms with Crippen molar-refractivity contribution < 1.29 is 23.7 Å². The number of allylic oxidation sites excluding steroid dienone is 2. The summed E-state index contributed by atoms with van der Waals surface area (Å²) in [6.07, 6.45) is 4.44. The van der Waals surface area contributed by atoms with Gasteiger partial charge in [0.1, 0.15) is 23.0 Å². The Hall–Kier alpha value is -3.33. The predicted octanol–water partition coefficient (Wildman–Crippen LogP) is 3.86. The van der Waals surface area contributed by atoms with Crippen molar-refractivity contribution in [3.63, 3.8) is 0 Å². The van der Waals surface area contributed by atoms with Crippen molar-refractivity contribution >= 4 is 34.9 Å². The number of furan rings is 1. The Balaban J connectivity index is 1.56. The van der Waals surface area contributed by atoms with Gasteiger partial charge in [0.15, 0.2) is 0 Å². The molecule has 0 N–H and O–H groups in total. The quantitative estimate of drug-likeness (QED) is 0.404. The molecule has 0 bridgehead atoms. The van der Waals surface area contributed by atoms with E-state index in [0.29, 0.717) is 5.75 Å². The largest absolute Gasteiger partial charge is 0.492 e. The van der Waals surface area contributed by atoms with E-state index in [1.54, 1.807) is 12.1 Å². The Labute approximate surface area is 158 Å². The van der Waals surface area contributed by atoms with Crippen molar-refractivity contribution in [2.75, 3.05) is 13.2 Å². The summed E-state index contributed by atoms with van der Waals surface area (Å²) in [6, 6.07) is 11.8. The molecule has 1 fully saturated rings. The standard InChI is InChI=1S/C18H14N2O6S/c21-17-15(8-4-7-14-9-10-16(26-14)20(23)24)27-18(22)19(17)11-12-25-13-5-2-1-3-6-13/h1-10H,11-12H2/b7-4+,15-8-. The van der Waals surface area contributed by atoms with Gasteiger partial charge < -0.3 is 9.15 Å². The van der Waals surface area contributed by atoms with E-state index >= 15 is 0 Å². The van der Waals surface area contributed by atoms with Crippen LogP contribution in [0.4, 0.5) is 10.7 Å². The number of nitro groups is 1. The van der Waals surface area contributed by atoms with E-state index in [0.717, 1.165) is 16.7 Å².